The number of phenols is 1. The van der Waals surface area contributed by atoms with Crippen LogP contribution in [-0.4, -0.2) is 45.5 Å². The summed E-state index contributed by atoms with van der Waals surface area (Å²) in [5, 5.41) is 10.0. The molecule has 1 aliphatic heterocycles. The maximum absolute atomic E-state index is 13.5. The summed E-state index contributed by atoms with van der Waals surface area (Å²) in [7, 11) is -3.69. The van der Waals surface area contributed by atoms with Gasteiger partial charge in [-0.15, -0.1) is 0 Å². The van der Waals surface area contributed by atoms with E-state index in [-0.39, 0.29) is 42.3 Å². The van der Waals surface area contributed by atoms with Crippen molar-refractivity contribution in [2.75, 3.05) is 35.7 Å². The first-order chi connectivity index (χ1) is 17.9. The van der Waals surface area contributed by atoms with Gasteiger partial charge in [0, 0.05) is 29.8 Å². The average molecular weight is 553 g/mol. The van der Waals surface area contributed by atoms with Crippen molar-refractivity contribution in [3.8, 4) is 22.6 Å². The fourth-order valence-electron chi connectivity index (χ4n) is 4.15. The lowest BCUT2D eigenvalue weighted by molar-refractivity contribution is -0.137. The molecule has 0 radical (unpaired) electrons. The summed E-state index contributed by atoms with van der Waals surface area (Å²) < 4.78 is 83.0. The van der Waals surface area contributed by atoms with Crippen LogP contribution in [0.3, 0.4) is 0 Å². The van der Waals surface area contributed by atoms with E-state index in [9.17, 15) is 35.9 Å². The van der Waals surface area contributed by atoms with Crippen LogP contribution < -0.4 is 14.4 Å². The molecule has 0 fully saturated rings. The first-order valence-electron chi connectivity index (χ1n) is 11.5. The van der Waals surface area contributed by atoms with Crippen molar-refractivity contribution >= 4 is 27.3 Å². The number of hydrogen-bond donors (Lipinski definition) is 2. The topological polar surface area (TPSA) is 95.9 Å². The van der Waals surface area contributed by atoms with Crippen molar-refractivity contribution in [1.29, 1.82) is 0 Å². The number of amides is 1. The summed E-state index contributed by atoms with van der Waals surface area (Å²) in [4.78, 5) is 14.9. The number of phenolic OH excluding ortho intramolecular Hbond substituents is 1. The Balaban J connectivity index is 1.71. The molecule has 0 saturated carbocycles. The second-order valence-corrected chi connectivity index (χ2v) is 10.5. The lowest BCUT2D eigenvalue weighted by Crippen LogP contribution is -2.37. The number of carbonyl (C=O) groups excluding carboxylic acids is 1. The molecule has 3 aromatic rings. The zero-order chi connectivity index (χ0) is 27.7. The molecule has 1 aliphatic rings. The van der Waals surface area contributed by atoms with Crippen molar-refractivity contribution in [2.45, 2.75) is 19.0 Å². The van der Waals surface area contributed by atoms with E-state index in [0.29, 0.717) is 28.8 Å². The third-order valence-corrected chi connectivity index (χ3v) is 6.52. The summed E-state index contributed by atoms with van der Waals surface area (Å²) >= 11 is 0. The van der Waals surface area contributed by atoms with Gasteiger partial charge in [0.25, 0.3) is 5.91 Å². The molecule has 202 valence electrons. The number of benzene rings is 3. The predicted molar refractivity (Wildman–Crippen MR) is 135 cm³/mol. The fraction of sp³-hybridized carbons (Fsp3) is 0.269. The van der Waals surface area contributed by atoms with Crippen molar-refractivity contribution in [3.63, 3.8) is 0 Å². The molecule has 0 unspecified atom stereocenters. The van der Waals surface area contributed by atoms with Crippen LogP contribution in [0.4, 0.5) is 28.9 Å². The molecule has 2 N–H and O–H groups in total. The highest BCUT2D eigenvalue weighted by Gasteiger charge is 2.31. The van der Waals surface area contributed by atoms with Crippen LogP contribution in [0.25, 0.3) is 11.1 Å². The van der Waals surface area contributed by atoms with Gasteiger partial charge < -0.3 is 14.7 Å². The SMILES string of the molecule is CS(=O)(=O)Nc1cc(N2CCc3cc(-c4ccc(C(F)(F)F)cc4)c(OCCCF)cc3C2=O)ccc1O. The predicted octanol–water partition coefficient (Wildman–Crippen LogP) is 5.39. The van der Waals surface area contributed by atoms with Gasteiger partial charge in [0.15, 0.2) is 0 Å². The monoisotopic (exact) mass is 552 g/mol. The average Bonchev–Trinajstić information content (AvgIpc) is 2.84. The summed E-state index contributed by atoms with van der Waals surface area (Å²) in [6.45, 7) is -0.402. The number of halogens is 4. The highest BCUT2D eigenvalue weighted by atomic mass is 32.2. The number of hydrogen-bond acceptors (Lipinski definition) is 5. The summed E-state index contributed by atoms with van der Waals surface area (Å²) in [6.07, 6.45) is -3.09. The standard InChI is InChI=1S/C26H24F4N2O5S/c1-38(35,36)31-22-14-19(7-8-23(22)33)32-11-9-17-13-20(16-3-5-18(6-4-16)26(28,29)30)24(37-12-2-10-27)15-21(17)25(32)34/h3-8,13-15,31,33H,2,9-12H2,1H3. The van der Waals surface area contributed by atoms with E-state index >= 15 is 0 Å². The lowest BCUT2D eigenvalue weighted by atomic mass is 9.92. The first kappa shape index (κ1) is 27.2. The van der Waals surface area contributed by atoms with Crippen LogP contribution in [0, 0.1) is 0 Å². The van der Waals surface area contributed by atoms with Crippen LogP contribution in [0.15, 0.2) is 54.6 Å². The number of anilines is 2. The Morgan fingerprint density at radius 2 is 1.76 bits per heavy atom. The summed E-state index contributed by atoms with van der Waals surface area (Å²) in [6, 6.07) is 11.8. The Labute approximate surface area is 216 Å². The van der Waals surface area contributed by atoms with Crippen molar-refractivity contribution in [1.82, 2.24) is 0 Å². The van der Waals surface area contributed by atoms with E-state index in [2.05, 4.69) is 4.72 Å². The molecule has 7 nitrogen and oxygen atoms in total. The molecular weight excluding hydrogens is 528 g/mol. The van der Waals surface area contributed by atoms with E-state index in [1.54, 1.807) is 6.07 Å². The molecule has 4 rings (SSSR count). The van der Waals surface area contributed by atoms with Gasteiger partial charge in [-0.25, -0.2) is 8.42 Å². The number of nitrogens with one attached hydrogen (secondary N) is 1. The highest BCUT2D eigenvalue weighted by molar-refractivity contribution is 7.92. The van der Waals surface area contributed by atoms with Crippen molar-refractivity contribution in [2.24, 2.45) is 0 Å². The normalized spacial score (nSPS) is 13.8. The lowest BCUT2D eigenvalue weighted by Gasteiger charge is -2.30. The Bertz CT molecular complexity index is 1460. The van der Waals surface area contributed by atoms with Gasteiger partial charge in [-0.1, -0.05) is 12.1 Å². The smallest absolute Gasteiger partial charge is 0.416 e. The molecule has 12 heteroatoms. The molecule has 1 heterocycles. The van der Waals surface area contributed by atoms with Gasteiger partial charge in [-0.05, 0) is 60.0 Å². The van der Waals surface area contributed by atoms with E-state index in [1.807, 2.05) is 0 Å². The second-order valence-electron chi connectivity index (χ2n) is 8.75. The number of fused-ring (bicyclic) bond motifs is 1. The van der Waals surface area contributed by atoms with Gasteiger partial charge in [-0.3, -0.25) is 13.9 Å². The minimum Gasteiger partial charge on any atom is -0.506 e. The van der Waals surface area contributed by atoms with Gasteiger partial charge in [-0.2, -0.15) is 13.2 Å². The maximum Gasteiger partial charge on any atom is 0.416 e. The molecule has 0 aromatic heterocycles. The number of ether oxygens (including phenoxy) is 1. The molecule has 3 aromatic carbocycles. The van der Waals surface area contributed by atoms with E-state index in [0.717, 1.165) is 18.4 Å². The fourth-order valence-corrected chi connectivity index (χ4v) is 4.71. The number of rotatable bonds is 8. The van der Waals surface area contributed by atoms with Crippen LogP contribution in [0.5, 0.6) is 11.5 Å². The van der Waals surface area contributed by atoms with Crippen molar-refractivity contribution in [3.05, 3.63) is 71.3 Å². The molecular formula is C26H24F4N2O5S. The zero-order valence-corrected chi connectivity index (χ0v) is 21.0. The van der Waals surface area contributed by atoms with Crippen LogP contribution in [-0.2, 0) is 22.6 Å². The van der Waals surface area contributed by atoms with Crippen LogP contribution in [0.1, 0.15) is 27.9 Å². The Morgan fingerprint density at radius 1 is 1.05 bits per heavy atom. The number of aromatic hydroxyl groups is 1. The van der Waals surface area contributed by atoms with Gasteiger partial charge in [0.1, 0.15) is 11.5 Å². The molecule has 0 aliphatic carbocycles. The Kier molecular flexibility index (Phi) is 7.54. The van der Waals surface area contributed by atoms with Crippen LogP contribution in [0.2, 0.25) is 0 Å². The molecule has 0 bridgehead atoms. The largest absolute Gasteiger partial charge is 0.506 e. The van der Waals surface area contributed by atoms with Gasteiger partial charge in [0.2, 0.25) is 10.0 Å². The molecule has 1 amide bonds. The van der Waals surface area contributed by atoms with Gasteiger partial charge >= 0.3 is 6.18 Å². The second kappa shape index (κ2) is 10.5. The molecule has 38 heavy (non-hydrogen) atoms. The van der Waals surface area contributed by atoms with E-state index < -0.39 is 34.3 Å². The summed E-state index contributed by atoms with van der Waals surface area (Å²) in [5.74, 6) is -0.511. The Morgan fingerprint density at radius 3 is 2.39 bits per heavy atom. The first-order valence-corrected chi connectivity index (χ1v) is 13.4. The van der Waals surface area contributed by atoms with Crippen molar-refractivity contribution < 1.29 is 40.6 Å². The number of nitrogens with zero attached hydrogens (tertiary/aromatic N) is 1. The van der Waals surface area contributed by atoms with E-state index in [1.165, 1.54) is 41.3 Å². The molecule has 0 atom stereocenters. The van der Waals surface area contributed by atoms with Crippen LogP contribution >= 0.6 is 0 Å². The highest BCUT2D eigenvalue weighted by Crippen LogP contribution is 2.39. The minimum absolute atomic E-state index is 0.000685. The maximum atomic E-state index is 13.5. The third-order valence-electron chi connectivity index (χ3n) is 5.93. The minimum atomic E-state index is -4.49. The number of carbonyl (C=O) groups is 1. The number of alkyl halides is 4. The van der Waals surface area contributed by atoms with Gasteiger partial charge in [0.05, 0.1) is 30.8 Å². The molecule has 0 saturated heterocycles. The third kappa shape index (κ3) is 6.01. The zero-order valence-electron chi connectivity index (χ0n) is 20.2. The summed E-state index contributed by atoms with van der Waals surface area (Å²) in [5.41, 5.74) is 1.30. The quantitative estimate of drug-likeness (QED) is 0.222. The van der Waals surface area contributed by atoms with E-state index in [4.69, 9.17) is 4.74 Å². The Hall–Kier alpha value is -3.80. The molecule has 0 spiro atoms. The number of sulfonamides is 1.